The van der Waals surface area contributed by atoms with Crippen LogP contribution in [0.1, 0.15) is 95.9 Å². The van der Waals surface area contributed by atoms with Gasteiger partial charge in [-0.2, -0.15) is 0 Å². The van der Waals surface area contributed by atoms with E-state index < -0.39 is 0 Å². The molecule has 2 aliphatic rings. The molecule has 0 heteroatoms. The van der Waals surface area contributed by atoms with Crippen molar-refractivity contribution in [2.24, 2.45) is 21.7 Å². The van der Waals surface area contributed by atoms with Crippen LogP contribution in [0.3, 0.4) is 0 Å². The van der Waals surface area contributed by atoms with Crippen LogP contribution in [0.4, 0.5) is 0 Å². The molecule has 0 saturated carbocycles. The van der Waals surface area contributed by atoms with Crippen LogP contribution in [0.5, 0.6) is 0 Å². The van der Waals surface area contributed by atoms with Crippen molar-refractivity contribution < 1.29 is 0 Å². The fourth-order valence-corrected chi connectivity index (χ4v) is 4.29. The fraction of sp³-hybridized carbons (Fsp3) is 0.692. The Hall–Kier alpha value is -1.04. The van der Waals surface area contributed by atoms with Gasteiger partial charge < -0.3 is 0 Å². The van der Waals surface area contributed by atoms with Crippen LogP contribution >= 0.6 is 0 Å². The lowest BCUT2D eigenvalue weighted by Gasteiger charge is -2.29. The minimum absolute atomic E-state index is 0.205. The minimum Gasteiger partial charge on any atom is -0.0567 e. The zero-order valence-electron chi connectivity index (χ0n) is 19.6. The molecule has 0 aromatic carbocycles. The highest BCUT2D eigenvalue weighted by Crippen LogP contribution is 2.51. The SMILES string of the molecule is CC(C)(C)C1=C(C(C)(C)C)CC(C2=CC(C(C)(C)C)=C(C(C)(C)C)C2)=C1. The third-order valence-electron chi connectivity index (χ3n) is 5.86. The zero-order chi connectivity index (χ0) is 20.3. The maximum Gasteiger partial charge on any atom is -0.00529 e. The molecule has 2 aliphatic carbocycles. The predicted molar refractivity (Wildman–Crippen MR) is 117 cm³/mol. The van der Waals surface area contributed by atoms with Crippen LogP contribution in [-0.2, 0) is 0 Å². The van der Waals surface area contributed by atoms with Crippen LogP contribution in [-0.4, -0.2) is 0 Å². The standard InChI is InChI=1S/C26H42/c1-23(2,3)19-13-17(14-20(19)24(4,5)6)18-15-21(25(7,8)9)22(16-18)26(10,11)12/h13,15H,14,16H2,1-12H3. The first-order chi connectivity index (χ1) is 11.4. The van der Waals surface area contributed by atoms with Crippen molar-refractivity contribution in [1.82, 2.24) is 0 Å². The van der Waals surface area contributed by atoms with Crippen LogP contribution in [0, 0.1) is 21.7 Å². The Labute approximate surface area is 163 Å². The number of allylic oxidation sites excluding steroid dienone is 8. The van der Waals surface area contributed by atoms with E-state index in [1.807, 2.05) is 0 Å². The summed E-state index contributed by atoms with van der Waals surface area (Å²) in [6, 6.07) is 0. The average molecular weight is 355 g/mol. The molecule has 0 unspecified atom stereocenters. The highest BCUT2D eigenvalue weighted by Gasteiger charge is 2.36. The largest absolute Gasteiger partial charge is 0.0567 e. The van der Waals surface area contributed by atoms with Gasteiger partial charge in [-0.05, 0) is 56.8 Å². The smallest absolute Gasteiger partial charge is 0.00529 e. The molecule has 0 aromatic rings. The van der Waals surface area contributed by atoms with Gasteiger partial charge in [0.25, 0.3) is 0 Å². The predicted octanol–water partition coefficient (Wildman–Crippen LogP) is 8.42. The lowest BCUT2D eigenvalue weighted by atomic mass is 9.76. The maximum atomic E-state index is 2.53. The van der Waals surface area contributed by atoms with Gasteiger partial charge in [-0.25, -0.2) is 0 Å². The molecule has 0 amide bonds. The summed E-state index contributed by atoms with van der Waals surface area (Å²) < 4.78 is 0. The second kappa shape index (κ2) is 6.25. The minimum atomic E-state index is 0.205. The molecule has 0 nitrogen and oxygen atoms in total. The van der Waals surface area contributed by atoms with Gasteiger partial charge in [0.05, 0.1) is 0 Å². The van der Waals surface area contributed by atoms with Gasteiger partial charge in [0.2, 0.25) is 0 Å². The molecule has 0 atom stereocenters. The van der Waals surface area contributed by atoms with Gasteiger partial charge in [0, 0.05) is 0 Å². The lowest BCUT2D eigenvalue weighted by molar-refractivity contribution is 0.450. The Morgan fingerprint density at radius 2 is 0.731 bits per heavy atom. The summed E-state index contributed by atoms with van der Waals surface area (Å²) in [6.45, 7) is 28.4. The second-order valence-electron chi connectivity index (χ2n) is 12.5. The molecular formula is C26H42. The number of hydrogen-bond donors (Lipinski definition) is 0. The van der Waals surface area contributed by atoms with E-state index in [4.69, 9.17) is 0 Å². The molecule has 0 aliphatic heterocycles. The monoisotopic (exact) mass is 354 g/mol. The van der Waals surface area contributed by atoms with E-state index >= 15 is 0 Å². The zero-order valence-corrected chi connectivity index (χ0v) is 19.6. The van der Waals surface area contributed by atoms with Crippen molar-refractivity contribution >= 4 is 0 Å². The summed E-state index contributed by atoms with van der Waals surface area (Å²) in [6.07, 6.45) is 7.30. The van der Waals surface area contributed by atoms with E-state index in [0.717, 1.165) is 12.8 Å². The summed E-state index contributed by atoms with van der Waals surface area (Å²) >= 11 is 0. The highest BCUT2D eigenvalue weighted by molar-refractivity contribution is 5.58. The molecule has 0 fully saturated rings. The van der Waals surface area contributed by atoms with Gasteiger partial charge in [-0.3, -0.25) is 0 Å². The van der Waals surface area contributed by atoms with Gasteiger partial charge in [0.15, 0.2) is 0 Å². The summed E-state index contributed by atoms with van der Waals surface area (Å²) in [5, 5.41) is 0. The molecule has 0 saturated heterocycles. The van der Waals surface area contributed by atoms with Crippen molar-refractivity contribution in [1.29, 1.82) is 0 Å². The molecule has 146 valence electrons. The Morgan fingerprint density at radius 3 is 0.885 bits per heavy atom. The van der Waals surface area contributed by atoms with Crippen LogP contribution in [0.15, 0.2) is 45.6 Å². The molecule has 26 heavy (non-hydrogen) atoms. The third kappa shape index (κ3) is 4.26. The van der Waals surface area contributed by atoms with Crippen molar-refractivity contribution in [3.63, 3.8) is 0 Å². The summed E-state index contributed by atoms with van der Waals surface area (Å²) in [7, 11) is 0. The van der Waals surface area contributed by atoms with Gasteiger partial charge in [-0.1, -0.05) is 106 Å². The highest BCUT2D eigenvalue weighted by atomic mass is 14.4. The fourth-order valence-electron chi connectivity index (χ4n) is 4.29. The Balaban J connectivity index is 2.45. The third-order valence-corrected chi connectivity index (χ3v) is 5.86. The van der Waals surface area contributed by atoms with E-state index in [-0.39, 0.29) is 21.7 Å². The van der Waals surface area contributed by atoms with Crippen molar-refractivity contribution in [3.8, 4) is 0 Å². The van der Waals surface area contributed by atoms with Gasteiger partial charge >= 0.3 is 0 Å². The van der Waals surface area contributed by atoms with Crippen LogP contribution in [0.25, 0.3) is 0 Å². The molecule has 0 N–H and O–H groups in total. The number of hydrogen-bond acceptors (Lipinski definition) is 0. The summed E-state index contributed by atoms with van der Waals surface area (Å²) in [5.41, 5.74) is 10.4. The topological polar surface area (TPSA) is 0 Å². The van der Waals surface area contributed by atoms with Gasteiger partial charge in [0.1, 0.15) is 0 Å². The molecular weight excluding hydrogens is 312 g/mol. The average Bonchev–Trinajstić information content (AvgIpc) is 3.00. The lowest BCUT2D eigenvalue weighted by Crippen LogP contribution is -2.16. The molecule has 0 spiro atoms. The maximum absolute atomic E-state index is 2.53. The normalized spacial score (nSPS) is 20.2. The van der Waals surface area contributed by atoms with Gasteiger partial charge in [-0.15, -0.1) is 0 Å². The van der Waals surface area contributed by atoms with E-state index in [2.05, 4.69) is 95.2 Å². The Kier molecular flexibility index (Phi) is 5.11. The molecule has 0 heterocycles. The first-order valence-electron chi connectivity index (χ1n) is 10.3. The van der Waals surface area contributed by atoms with E-state index in [1.54, 1.807) is 33.4 Å². The summed E-state index contributed by atoms with van der Waals surface area (Å²) in [5.74, 6) is 0. The first kappa shape index (κ1) is 21.3. The summed E-state index contributed by atoms with van der Waals surface area (Å²) in [4.78, 5) is 0. The molecule has 0 bridgehead atoms. The van der Waals surface area contributed by atoms with E-state index in [9.17, 15) is 0 Å². The molecule has 2 rings (SSSR count). The van der Waals surface area contributed by atoms with Crippen molar-refractivity contribution in [3.05, 3.63) is 45.6 Å². The van der Waals surface area contributed by atoms with E-state index in [0.29, 0.717) is 0 Å². The quantitative estimate of drug-likeness (QED) is 0.443. The Morgan fingerprint density at radius 1 is 0.462 bits per heavy atom. The van der Waals surface area contributed by atoms with Crippen molar-refractivity contribution in [2.45, 2.75) is 95.9 Å². The van der Waals surface area contributed by atoms with Crippen molar-refractivity contribution in [2.75, 3.05) is 0 Å². The molecule has 0 aromatic heterocycles. The van der Waals surface area contributed by atoms with Crippen LogP contribution in [0.2, 0.25) is 0 Å². The Bertz CT molecular complexity index is 638. The molecule has 0 radical (unpaired) electrons. The van der Waals surface area contributed by atoms with Crippen LogP contribution < -0.4 is 0 Å². The van der Waals surface area contributed by atoms with E-state index in [1.165, 1.54) is 0 Å². The second-order valence-corrected chi connectivity index (χ2v) is 12.5. The first-order valence-corrected chi connectivity index (χ1v) is 10.3. The number of rotatable bonds is 1.